The summed E-state index contributed by atoms with van der Waals surface area (Å²) >= 11 is 1.78. The van der Waals surface area contributed by atoms with Gasteiger partial charge >= 0.3 is 0 Å². The van der Waals surface area contributed by atoms with Crippen LogP contribution in [0.15, 0.2) is 82.6 Å². The molecule has 0 aliphatic rings. The van der Waals surface area contributed by atoms with E-state index in [-0.39, 0.29) is 0 Å². The van der Waals surface area contributed by atoms with E-state index in [0.717, 1.165) is 22.8 Å². The van der Waals surface area contributed by atoms with E-state index >= 15 is 0 Å². The molecule has 0 aliphatic heterocycles. The van der Waals surface area contributed by atoms with Crippen LogP contribution in [0.4, 0.5) is 0 Å². The van der Waals surface area contributed by atoms with E-state index in [1.54, 1.807) is 26.0 Å². The highest BCUT2D eigenvalue weighted by molar-refractivity contribution is 7.99. The molecule has 3 aromatic carbocycles. The van der Waals surface area contributed by atoms with Crippen molar-refractivity contribution in [1.82, 2.24) is 4.57 Å². The molecule has 0 fully saturated rings. The van der Waals surface area contributed by atoms with E-state index in [4.69, 9.17) is 9.47 Å². The van der Waals surface area contributed by atoms with Gasteiger partial charge in [0.25, 0.3) is 0 Å². The van der Waals surface area contributed by atoms with E-state index in [9.17, 15) is 0 Å². The predicted octanol–water partition coefficient (Wildman–Crippen LogP) is 6.01. The summed E-state index contributed by atoms with van der Waals surface area (Å²) in [7, 11) is 5.47. The highest BCUT2D eigenvalue weighted by Gasteiger charge is 2.19. The fraction of sp³-hybridized carbons (Fsp3) is 0.130. The third-order valence-electron chi connectivity index (χ3n) is 4.65. The summed E-state index contributed by atoms with van der Waals surface area (Å²) < 4.78 is 13.2. The van der Waals surface area contributed by atoms with Crippen molar-refractivity contribution >= 4 is 22.7 Å². The zero-order valence-electron chi connectivity index (χ0n) is 15.6. The van der Waals surface area contributed by atoms with Crippen LogP contribution >= 0.6 is 11.8 Å². The zero-order chi connectivity index (χ0) is 18.8. The number of hydrogen-bond donors (Lipinski definition) is 0. The molecule has 0 saturated carbocycles. The summed E-state index contributed by atoms with van der Waals surface area (Å²) in [5.41, 5.74) is 3.43. The maximum Gasteiger partial charge on any atom is 0.123 e. The van der Waals surface area contributed by atoms with Crippen molar-refractivity contribution in [3.8, 4) is 22.8 Å². The topological polar surface area (TPSA) is 23.4 Å². The van der Waals surface area contributed by atoms with Crippen molar-refractivity contribution < 1.29 is 9.47 Å². The van der Waals surface area contributed by atoms with Gasteiger partial charge in [-0.1, -0.05) is 48.2 Å². The zero-order valence-corrected chi connectivity index (χ0v) is 16.4. The standard InChI is InChI=1S/C23H21NO2S/c1-24-21-12-8-7-11-20(21)23(27-19-9-5-4-6-10-19)22(24)16-13-17(25-2)15-18(14-16)26-3/h4-15H,1-3H3. The van der Waals surface area contributed by atoms with Crippen molar-refractivity contribution in [2.24, 2.45) is 7.05 Å². The van der Waals surface area contributed by atoms with Crippen LogP contribution in [0.3, 0.4) is 0 Å². The Balaban J connectivity index is 1.97. The van der Waals surface area contributed by atoms with Gasteiger partial charge in [0.1, 0.15) is 11.5 Å². The molecule has 27 heavy (non-hydrogen) atoms. The molecule has 0 amide bonds. The average Bonchev–Trinajstić information content (AvgIpc) is 3.00. The molecule has 0 spiro atoms. The number of nitrogens with zero attached hydrogens (tertiary/aromatic N) is 1. The Morgan fingerprint density at radius 2 is 1.41 bits per heavy atom. The Hall–Kier alpha value is -2.85. The highest BCUT2D eigenvalue weighted by atomic mass is 32.2. The van der Waals surface area contributed by atoms with Crippen LogP contribution in [0.5, 0.6) is 11.5 Å². The van der Waals surface area contributed by atoms with Crippen molar-refractivity contribution in [3.63, 3.8) is 0 Å². The van der Waals surface area contributed by atoms with Gasteiger partial charge in [-0.25, -0.2) is 0 Å². The molecular formula is C23H21NO2S. The van der Waals surface area contributed by atoms with Gasteiger partial charge in [0, 0.05) is 39.4 Å². The fourth-order valence-electron chi connectivity index (χ4n) is 3.34. The average molecular weight is 375 g/mol. The number of ether oxygens (including phenoxy) is 2. The summed E-state index contributed by atoms with van der Waals surface area (Å²) in [6.07, 6.45) is 0. The van der Waals surface area contributed by atoms with Crippen molar-refractivity contribution in [1.29, 1.82) is 0 Å². The van der Waals surface area contributed by atoms with E-state index in [1.165, 1.54) is 20.7 Å². The van der Waals surface area contributed by atoms with Crippen molar-refractivity contribution in [2.75, 3.05) is 14.2 Å². The molecule has 3 nitrogen and oxygen atoms in total. The largest absolute Gasteiger partial charge is 0.497 e. The maximum absolute atomic E-state index is 5.49. The second-order valence-corrected chi connectivity index (χ2v) is 7.35. The minimum atomic E-state index is 0.783. The maximum atomic E-state index is 5.49. The number of fused-ring (bicyclic) bond motifs is 1. The van der Waals surface area contributed by atoms with Gasteiger partial charge in [0.15, 0.2) is 0 Å². The van der Waals surface area contributed by atoms with Crippen LogP contribution in [0.2, 0.25) is 0 Å². The number of aryl methyl sites for hydroxylation is 1. The van der Waals surface area contributed by atoms with Gasteiger partial charge < -0.3 is 14.0 Å². The lowest BCUT2D eigenvalue weighted by Gasteiger charge is -2.12. The Morgan fingerprint density at radius 1 is 0.778 bits per heavy atom. The second-order valence-electron chi connectivity index (χ2n) is 6.27. The van der Waals surface area contributed by atoms with Crippen LogP contribution in [-0.4, -0.2) is 18.8 Å². The van der Waals surface area contributed by atoms with E-state index < -0.39 is 0 Å². The number of aromatic nitrogens is 1. The summed E-state index contributed by atoms with van der Waals surface area (Å²) in [5, 5.41) is 1.24. The molecule has 1 aromatic heterocycles. The number of methoxy groups -OCH3 is 2. The summed E-state index contributed by atoms with van der Waals surface area (Å²) in [5.74, 6) is 1.57. The molecule has 0 aliphatic carbocycles. The van der Waals surface area contributed by atoms with E-state index in [2.05, 4.69) is 72.3 Å². The van der Waals surface area contributed by atoms with Gasteiger partial charge in [-0.15, -0.1) is 0 Å². The summed E-state index contributed by atoms with van der Waals surface area (Å²) in [6, 6.07) is 25.0. The molecular weight excluding hydrogens is 354 g/mol. The van der Waals surface area contributed by atoms with Crippen molar-refractivity contribution in [3.05, 3.63) is 72.8 Å². The van der Waals surface area contributed by atoms with Gasteiger partial charge in [-0.05, 0) is 30.3 Å². The summed E-state index contributed by atoms with van der Waals surface area (Å²) in [6.45, 7) is 0. The molecule has 1 heterocycles. The van der Waals surface area contributed by atoms with Crippen LogP contribution in [0.1, 0.15) is 0 Å². The number of para-hydroxylation sites is 1. The number of rotatable bonds is 5. The first-order valence-corrected chi connectivity index (χ1v) is 9.56. The van der Waals surface area contributed by atoms with Gasteiger partial charge in [-0.2, -0.15) is 0 Å². The Morgan fingerprint density at radius 3 is 2.07 bits per heavy atom. The lowest BCUT2D eigenvalue weighted by Crippen LogP contribution is -1.94. The first-order valence-electron chi connectivity index (χ1n) is 8.75. The molecule has 0 atom stereocenters. The third kappa shape index (κ3) is 3.28. The molecule has 136 valence electrons. The van der Waals surface area contributed by atoms with Gasteiger partial charge in [-0.3, -0.25) is 0 Å². The molecule has 4 aromatic rings. The first-order chi connectivity index (χ1) is 13.2. The molecule has 0 N–H and O–H groups in total. The monoisotopic (exact) mass is 375 g/mol. The van der Waals surface area contributed by atoms with Gasteiger partial charge in [0.2, 0.25) is 0 Å². The van der Waals surface area contributed by atoms with E-state index in [1.807, 2.05) is 12.1 Å². The normalized spacial score (nSPS) is 10.9. The lowest BCUT2D eigenvalue weighted by atomic mass is 10.1. The van der Waals surface area contributed by atoms with Crippen LogP contribution in [0, 0.1) is 0 Å². The first kappa shape index (κ1) is 17.6. The molecule has 4 heteroatoms. The summed E-state index contributed by atoms with van der Waals surface area (Å²) in [4.78, 5) is 2.44. The third-order valence-corrected chi connectivity index (χ3v) is 5.77. The fourth-order valence-corrected chi connectivity index (χ4v) is 4.50. The lowest BCUT2D eigenvalue weighted by molar-refractivity contribution is 0.394. The van der Waals surface area contributed by atoms with Crippen LogP contribution < -0.4 is 9.47 Å². The molecule has 0 bridgehead atoms. The molecule has 0 saturated heterocycles. The van der Waals surface area contributed by atoms with Crippen LogP contribution in [-0.2, 0) is 7.05 Å². The second kappa shape index (κ2) is 7.41. The number of hydrogen-bond acceptors (Lipinski definition) is 3. The molecule has 0 unspecified atom stereocenters. The Bertz CT molecular complexity index is 1060. The quantitative estimate of drug-likeness (QED) is 0.426. The predicted molar refractivity (Wildman–Crippen MR) is 112 cm³/mol. The SMILES string of the molecule is COc1cc(OC)cc(-c2c(Sc3ccccc3)c3ccccc3n2C)c1. The van der Waals surface area contributed by atoms with Gasteiger partial charge in [0.05, 0.1) is 19.9 Å². The Kier molecular flexibility index (Phi) is 4.82. The molecule has 0 radical (unpaired) electrons. The minimum absolute atomic E-state index is 0.783. The number of benzene rings is 3. The van der Waals surface area contributed by atoms with Crippen LogP contribution in [0.25, 0.3) is 22.2 Å². The Labute approximate surface area is 163 Å². The highest BCUT2D eigenvalue weighted by Crippen LogP contribution is 2.44. The van der Waals surface area contributed by atoms with E-state index in [0.29, 0.717) is 0 Å². The molecule has 4 rings (SSSR count). The minimum Gasteiger partial charge on any atom is -0.497 e. The smallest absolute Gasteiger partial charge is 0.123 e. The van der Waals surface area contributed by atoms with Crippen molar-refractivity contribution in [2.45, 2.75) is 9.79 Å².